The summed E-state index contributed by atoms with van der Waals surface area (Å²) in [5.74, 6) is 18.0. The van der Waals surface area contributed by atoms with E-state index >= 15 is 0 Å². The molecule has 0 spiro atoms. The molecule has 0 bridgehead atoms. The second kappa shape index (κ2) is 7.80. The number of hydrogen-bond acceptors (Lipinski definition) is 2. The van der Waals surface area contributed by atoms with Crippen molar-refractivity contribution in [1.29, 1.82) is 0 Å². The van der Waals surface area contributed by atoms with E-state index in [1.165, 1.54) is 12.1 Å². The van der Waals surface area contributed by atoms with Crippen molar-refractivity contribution < 1.29 is 4.92 Å². The van der Waals surface area contributed by atoms with E-state index in [4.69, 9.17) is 0 Å². The molecule has 0 fully saturated rings. The standard InChI is InChI=1S/C14H4INO2/c15-12-6-4-2-1-3-5-7-13-8-10-14(11-9-13)16(17)18/h8-11H. The molecule has 0 aliphatic heterocycles. The smallest absolute Gasteiger partial charge is 0.258 e. The van der Waals surface area contributed by atoms with Gasteiger partial charge >= 0.3 is 0 Å². The number of benzene rings is 1. The lowest BCUT2D eigenvalue weighted by atomic mass is 10.2. The van der Waals surface area contributed by atoms with Crippen LogP contribution in [0.3, 0.4) is 0 Å². The lowest BCUT2D eigenvalue weighted by Gasteiger charge is -1.90. The van der Waals surface area contributed by atoms with Crippen LogP contribution in [0, 0.1) is 55.5 Å². The first kappa shape index (κ1) is 13.7. The summed E-state index contributed by atoms with van der Waals surface area (Å²) < 4.78 is 2.59. The summed E-state index contributed by atoms with van der Waals surface area (Å²) in [4.78, 5) is 9.96. The Balaban J connectivity index is 2.72. The van der Waals surface area contributed by atoms with Crippen molar-refractivity contribution in [3.05, 3.63) is 39.9 Å². The first-order valence-electron chi connectivity index (χ1n) is 4.60. The van der Waals surface area contributed by atoms with Crippen molar-refractivity contribution in [3.8, 4) is 45.4 Å². The molecule has 0 aromatic heterocycles. The molecule has 1 rings (SSSR count). The van der Waals surface area contributed by atoms with Crippen LogP contribution in [0.2, 0.25) is 0 Å². The van der Waals surface area contributed by atoms with E-state index in [-0.39, 0.29) is 5.69 Å². The largest absolute Gasteiger partial charge is 0.269 e. The average Bonchev–Trinajstić information content (AvgIpc) is 2.38. The molecule has 0 atom stereocenters. The Morgan fingerprint density at radius 2 is 1.50 bits per heavy atom. The molecule has 3 nitrogen and oxygen atoms in total. The van der Waals surface area contributed by atoms with E-state index in [0.29, 0.717) is 5.56 Å². The molecule has 1 aromatic rings. The van der Waals surface area contributed by atoms with Gasteiger partial charge in [-0.05, 0) is 51.6 Å². The zero-order valence-corrected chi connectivity index (χ0v) is 11.1. The van der Waals surface area contributed by atoms with Crippen LogP contribution in [-0.2, 0) is 0 Å². The van der Waals surface area contributed by atoms with E-state index in [9.17, 15) is 10.1 Å². The van der Waals surface area contributed by atoms with Crippen LogP contribution in [0.5, 0.6) is 0 Å². The zero-order valence-electron chi connectivity index (χ0n) is 8.95. The summed E-state index contributed by atoms with van der Waals surface area (Å²) >= 11 is 1.88. The Bertz CT molecular complexity index is 690. The van der Waals surface area contributed by atoms with Gasteiger partial charge in [-0.1, -0.05) is 5.92 Å². The highest BCUT2D eigenvalue weighted by Crippen LogP contribution is 2.10. The Hall–Kier alpha value is -2.41. The third-order valence-corrected chi connectivity index (χ3v) is 1.91. The van der Waals surface area contributed by atoms with Crippen LogP contribution in [0.15, 0.2) is 24.3 Å². The molecule has 0 aliphatic carbocycles. The van der Waals surface area contributed by atoms with Gasteiger partial charge in [0.2, 0.25) is 0 Å². The van der Waals surface area contributed by atoms with E-state index in [1.807, 2.05) is 22.6 Å². The van der Waals surface area contributed by atoms with Crippen molar-refractivity contribution in [3.63, 3.8) is 0 Å². The van der Waals surface area contributed by atoms with Crippen molar-refractivity contribution in [2.45, 2.75) is 0 Å². The maximum Gasteiger partial charge on any atom is 0.269 e. The summed E-state index contributed by atoms with van der Waals surface area (Å²) in [6.07, 6.45) is 0. The number of halogens is 1. The minimum Gasteiger partial charge on any atom is -0.258 e. The van der Waals surface area contributed by atoms with Gasteiger partial charge < -0.3 is 0 Å². The molecule has 0 amide bonds. The summed E-state index contributed by atoms with van der Waals surface area (Å²) in [5.41, 5.74) is 0.699. The monoisotopic (exact) mass is 345 g/mol. The number of nitro groups is 1. The first-order chi connectivity index (χ1) is 8.74. The number of hydrogen-bond donors (Lipinski definition) is 0. The molecule has 0 unspecified atom stereocenters. The van der Waals surface area contributed by atoms with Gasteiger partial charge in [0.05, 0.1) is 4.92 Å². The highest BCUT2D eigenvalue weighted by atomic mass is 127. The minimum absolute atomic E-state index is 0.0369. The Labute approximate surface area is 118 Å². The van der Waals surface area contributed by atoms with Gasteiger partial charge in [-0.25, -0.2) is 0 Å². The van der Waals surface area contributed by atoms with Crippen molar-refractivity contribution >= 4 is 28.3 Å². The fourth-order valence-corrected chi connectivity index (χ4v) is 1.05. The van der Waals surface area contributed by atoms with Gasteiger partial charge in [0.15, 0.2) is 0 Å². The molecule has 0 saturated carbocycles. The zero-order chi connectivity index (χ0) is 13.2. The van der Waals surface area contributed by atoms with Gasteiger partial charge in [0.1, 0.15) is 0 Å². The van der Waals surface area contributed by atoms with Gasteiger partial charge in [-0.15, -0.1) is 0 Å². The highest BCUT2D eigenvalue weighted by molar-refractivity contribution is 14.1. The predicted octanol–water partition coefficient (Wildman–Crippen LogP) is 2.35. The van der Waals surface area contributed by atoms with Gasteiger partial charge in [-0.3, -0.25) is 10.1 Å². The fraction of sp³-hybridized carbons (Fsp3) is 0. The van der Waals surface area contributed by atoms with Gasteiger partial charge in [0, 0.05) is 40.3 Å². The molecule has 0 radical (unpaired) electrons. The lowest BCUT2D eigenvalue weighted by molar-refractivity contribution is -0.384. The van der Waals surface area contributed by atoms with E-state index < -0.39 is 4.92 Å². The Morgan fingerprint density at radius 3 is 2.06 bits per heavy atom. The van der Waals surface area contributed by atoms with E-state index in [2.05, 4.69) is 45.4 Å². The maximum absolute atomic E-state index is 10.4. The van der Waals surface area contributed by atoms with E-state index in [0.717, 1.165) is 0 Å². The number of nitro benzene ring substituents is 1. The Morgan fingerprint density at radius 1 is 0.944 bits per heavy atom. The molecule has 0 aliphatic rings. The third-order valence-electron chi connectivity index (χ3n) is 1.64. The van der Waals surface area contributed by atoms with Crippen LogP contribution in [0.4, 0.5) is 5.69 Å². The maximum atomic E-state index is 10.4. The van der Waals surface area contributed by atoms with Crippen LogP contribution in [0.25, 0.3) is 0 Å². The summed E-state index contributed by atoms with van der Waals surface area (Å²) in [7, 11) is 0. The molecule has 0 heterocycles. The summed E-state index contributed by atoms with van der Waals surface area (Å²) in [5, 5.41) is 10.4. The van der Waals surface area contributed by atoms with Crippen molar-refractivity contribution in [2.75, 3.05) is 0 Å². The molecule has 0 saturated heterocycles. The van der Waals surface area contributed by atoms with Crippen molar-refractivity contribution in [2.24, 2.45) is 0 Å². The van der Waals surface area contributed by atoms with Crippen LogP contribution < -0.4 is 0 Å². The first-order valence-corrected chi connectivity index (χ1v) is 5.68. The predicted molar refractivity (Wildman–Crippen MR) is 77.3 cm³/mol. The second-order valence-corrected chi connectivity index (χ2v) is 3.31. The molecular formula is C14H4INO2. The number of nitrogens with zero attached hydrogens (tertiary/aromatic N) is 1. The number of non-ortho nitro benzene ring substituents is 1. The SMILES string of the molecule is O=[N+]([O-])c1ccc(C#CC#CC#CC#CI)cc1. The quantitative estimate of drug-likeness (QED) is 0.339. The second-order valence-electron chi connectivity index (χ2n) is 2.77. The average molecular weight is 345 g/mol. The van der Waals surface area contributed by atoms with E-state index in [1.54, 1.807) is 12.1 Å². The van der Waals surface area contributed by atoms with Crippen molar-refractivity contribution in [1.82, 2.24) is 0 Å². The summed E-state index contributed by atoms with van der Waals surface area (Å²) in [6, 6.07) is 5.93. The van der Waals surface area contributed by atoms with Gasteiger partial charge in [0.25, 0.3) is 5.69 Å². The van der Waals surface area contributed by atoms with Crippen LogP contribution in [-0.4, -0.2) is 4.92 Å². The molecule has 0 N–H and O–H groups in total. The van der Waals surface area contributed by atoms with Crippen LogP contribution in [0.1, 0.15) is 5.56 Å². The third kappa shape index (κ3) is 5.08. The molecule has 84 valence electrons. The molecule has 18 heavy (non-hydrogen) atoms. The topological polar surface area (TPSA) is 43.1 Å². The normalized spacial score (nSPS) is 6.94. The molecular weight excluding hydrogens is 341 g/mol. The highest BCUT2D eigenvalue weighted by Gasteiger charge is 2.01. The molecule has 1 aromatic carbocycles. The fourth-order valence-electron chi connectivity index (χ4n) is 0.919. The number of rotatable bonds is 1. The Kier molecular flexibility index (Phi) is 5.91. The lowest BCUT2D eigenvalue weighted by Crippen LogP contribution is -1.86. The summed E-state index contributed by atoms with van der Waals surface area (Å²) in [6.45, 7) is 0. The van der Waals surface area contributed by atoms with Crippen LogP contribution >= 0.6 is 22.6 Å². The minimum atomic E-state index is -0.458. The molecule has 4 heteroatoms. The van der Waals surface area contributed by atoms with Gasteiger partial charge in [-0.2, -0.15) is 0 Å².